The van der Waals surface area contributed by atoms with Gasteiger partial charge in [-0.3, -0.25) is 4.79 Å². The summed E-state index contributed by atoms with van der Waals surface area (Å²) < 4.78 is 32.3. The molecule has 1 aromatic carbocycles. The maximum Gasteiger partial charge on any atom is 0.253 e. The molecule has 0 saturated carbocycles. The average Bonchev–Trinajstić information content (AvgIpc) is 2.48. The molecule has 1 aliphatic heterocycles. The van der Waals surface area contributed by atoms with Gasteiger partial charge in [0.05, 0.1) is 12.6 Å². The lowest BCUT2D eigenvalue weighted by Gasteiger charge is -2.31. The third-order valence-corrected chi connectivity index (χ3v) is 3.54. The van der Waals surface area contributed by atoms with Crippen LogP contribution in [0.1, 0.15) is 18.5 Å². The first kappa shape index (κ1) is 14.9. The van der Waals surface area contributed by atoms with E-state index in [0.717, 1.165) is 18.2 Å². The van der Waals surface area contributed by atoms with Crippen molar-refractivity contribution in [2.45, 2.75) is 19.1 Å². The van der Waals surface area contributed by atoms with Gasteiger partial charge in [-0.25, -0.2) is 8.78 Å². The van der Waals surface area contributed by atoms with Crippen LogP contribution in [0.3, 0.4) is 0 Å². The number of nitrogens with zero attached hydrogens (tertiary/aromatic N) is 1. The van der Waals surface area contributed by atoms with Crippen molar-refractivity contribution in [3.63, 3.8) is 0 Å². The number of likely N-dealkylation sites (N-methyl/N-ethyl adjacent to an activating group) is 1. The number of hydrogen-bond acceptors (Lipinski definition) is 3. The SMILES string of the molecule is C[C@H](c1cc(F)ccc1F)N(C)C(=O)[C@@H]1CNCCO1. The van der Waals surface area contributed by atoms with E-state index in [1.807, 2.05) is 0 Å². The normalized spacial score (nSPS) is 20.5. The molecule has 0 unspecified atom stereocenters. The number of carbonyl (C=O) groups excluding carboxylic acids is 1. The van der Waals surface area contributed by atoms with E-state index in [9.17, 15) is 13.6 Å². The summed E-state index contributed by atoms with van der Waals surface area (Å²) in [5.74, 6) is -1.29. The Kier molecular flexibility index (Phi) is 4.67. The van der Waals surface area contributed by atoms with Crippen molar-refractivity contribution < 1.29 is 18.3 Å². The number of rotatable bonds is 3. The quantitative estimate of drug-likeness (QED) is 0.914. The van der Waals surface area contributed by atoms with E-state index in [2.05, 4.69) is 5.32 Å². The molecule has 1 fully saturated rings. The molecule has 0 bridgehead atoms. The first-order chi connectivity index (χ1) is 9.50. The third kappa shape index (κ3) is 3.13. The molecule has 6 heteroatoms. The van der Waals surface area contributed by atoms with E-state index < -0.39 is 23.8 Å². The van der Waals surface area contributed by atoms with Crippen molar-refractivity contribution in [1.29, 1.82) is 0 Å². The van der Waals surface area contributed by atoms with Gasteiger partial charge in [0.1, 0.15) is 17.7 Å². The molecular weight excluding hydrogens is 266 g/mol. The van der Waals surface area contributed by atoms with Crippen LogP contribution in [-0.4, -0.2) is 43.7 Å². The smallest absolute Gasteiger partial charge is 0.253 e. The summed E-state index contributed by atoms with van der Waals surface area (Å²) in [7, 11) is 1.56. The third-order valence-electron chi connectivity index (χ3n) is 3.54. The van der Waals surface area contributed by atoms with Gasteiger partial charge in [0.15, 0.2) is 0 Å². The summed E-state index contributed by atoms with van der Waals surface area (Å²) in [6, 6.07) is 2.67. The van der Waals surface area contributed by atoms with E-state index in [4.69, 9.17) is 4.74 Å². The van der Waals surface area contributed by atoms with Gasteiger partial charge in [-0.15, -0.1) is 0 Å². The monoisotopic (exact) mass is 284 g/mol. The molecule has 1 aromatic rings. The number of morpholine rings is 1. The molecule has 20 heavy (non-hydrogen) atoms. The van der Waals surface area contributed by atoms with Crippen LogP contribution in [0.15, 0.2) is 18.2 Å². The minimum atomic E-state index is -0.576. The summed E-state index contributed by atoms with van der Waals surface area (Å²) in [6.45, 7) is 3.27. The highest BCUT2D eigenvalue weighted by Crippen LogP contribution is 2.23. The molecule has 4 nitrogen and oxygen atoms in total. The fourth-order valence-electron chi connectivity index (χ4n) is 2.19. The Labute approximate surface area is 116 Å². The summed E-state index contributed by atoms with van der Waals surface area (Å²) in [4.78, 5) is 13.6. The van der Waals surface area contributed by atoms with Crippen molar-refractivity contribution in [2.75, 3.05) is 26.7 Å². The van der Waals surface area contributed by atoms with E-state index in [0.29, 0.717) is 19.7 Å². The van der Waals surface area contributed by atoms with Gasteiger partial charge >= 0.3 is 0 Å². The van der Waals surface area contributed by atoms with E-state index >= 15 is 0 Å². The predicted molar refractivity (Wildman–Crippen MR) is 70.2 cm³/mol. The highest BCUT2D eigenvalue weighted by Gasteiger charge is 2.28. The van der Waals surface area contributed by atoms with E-state index in [-0.39, 0.29) is 11.5 Å². The van der Waals surface area contributed by atoms with Crippen molar-refractivity contribution in [3.8, 4) is 0 Å². The van der Waals surface area contributed by atoms with E-state index in [1.165, 1.54) is 4.90 Å². The Hall–Kier alpha value is -1.53. The molecule has 0 aliphatic carbocycles. The number of halogens is 2. The molecule has 1 aliphatic rings. The topological polar surface area (TPSA) is 41.6 Å². The predicted octanol–water partition coefficient (Wildman–Crippen LogP) is 1.47. The zero-order chi connectivity index (χ0) is 14.7. The molecular formula is C14H18F2N2O2. The van der Waals surface area contributed by atoms with E-state index in [1.54, 1.807) is 14.0 Å². The summed E-state index contributed by atoms with van der Waals surface area (Å²) >= 11 is 0. The number of ether oxygens (including phenoxy) is 1. The van der Waals surface area contributed by atoms with Gasteiger partial charge in [0, 0.05) is 25.7 Å². The van der Waals surface area contributed by atoms with Crippen molar-refractivity contribution in [3.05, 3.63) is 35.4 Å². The maximum atomic E-state index is 13.7. The lowest BCUT2D eigenvalue weighted by atomic mass is 10.1. The molecule has 1 heterocycles. The second-order valence-corrected chi connectivity index (χ2v) is 4.85. The van der Waals surface area contributed by atoms with Gasteiger partial charge in [-0.1, -0.05) is 0 Å². The van der Waals surface area contributed by atoms with Crippen LogP contribution in [0.4, 0.5) is 8.78 Å². The fraction of sp³-hybridized carbons (Fsp3) is 0.500. The Balaban J connectivity index is 2.12. The average molecular weight is 284 g/mol. The molecule has 1 N–H and O–H groups in total. The van der Waals surface area contributed by atoms with Crippen LogP contribution in [-0.2, 0) is 9.53 Å². The first-order valence-corrected chi connectivity index (χ1v) is 6.54. The molecule has 1 saturated heterocycles. The number of carbonyl (C=O) groups is 1. The zero-order valence-corrected chi connectivity index (χ0v) is 11.5. The number of hydrogen-bond donors (Lipinski definition) is 1. The van der Waals surface area contributed by atoms with Crippen molar-refractivity contribution in [1.82, 2.24) is 10.2 Å². The summed E-state index contributed by atoms with van der Waals surface area (Å²) in [6.07, 6.45) is -0.576. The second-order valence-electron chi connectivity index (χ2n) is 4.85. The van der Waals surface area contributed by atoms with Gasteiger partial charge in [0.2, 0.25) is 0 Å². The Bertz CT molecular complexity index is 490. The van der Waals surface area contributed by atoms with Gasteiger partial charge in [-0.2, -0.15) is 0 Å². The largest absolute Gasteiger partial charge is 0.366 e. The minimum Gasteiger partial charge on any atom is -0.366 e. The Morgan fingerprint density at radius 2 is 2.25 bits per heavy atom. The number of nitrogens with one attached hydrogen (secondary N) is 1. The Morgan fingerprint density at radius 3 is 2.90 bits per heavy atom. The van der Waals surface area contributed by atoms with Gasteiger partial charge < -0.3 is 15.0 Å². The second kappa shape index (κ2) is 6.28. The number of benzene rings is 1. The Morgan fingerprint density at radius 1 is 1.50 bits per heavy atom. The van der Waals surface area contributed by atoms with Gasteiger partial charge in [-0.05, 0) is 25.1 Å². The molecule has 2 atom stereocenters. The molecule has 0 aromatic heterocycles. The van der Waals surface area contributed by atoms with Crippen LogP contribution in [0.5, 0.6) is 0 Å². The fourth-order valence-corrected chi connectivity index (χ4v) is 2.19. The highest BCUT2D eigenvalue weighted by atomic mass is 19.1. The number of amides is 1. The molecule has 110 valence electrons. The highest BCUT2D eigenvalue weighted by molar-refractivity contribution is 5.81. The lowest BCUT2D eigenvalue weighted by Crippen LogP contribution is -2.48. The van der Waals surface area contributed by atoms with Crippen LogP contribution < -0.4 is 5.32 Å². The van der Waals surface area contributed by atoms with Crippen molar-refractivity contribution >= 4 is 5.91 Å². The maximum absolute atomic E-state index is 13.7. The van der Waals surface area contributed by atoms with Crippen LogP contribution >= 0.6 is 0 Å². The summed E-state index contributed by atoms with van der Waals surface area (Å²) in [5, 5.41) is 3.06. The van der Waals surface area contributed by atoms with Crippen LogP contribution in [0.25, 0.3) is 0 Å². The standard InChI is InChI=1S/C14H18F2N2O2/c1-9(11-7-10(15)3-4-12(11)16)18(2)14(19)13-8-17-5-6-20-13/h3-4,7,9,13,17H,5-6,8H2,1-2H3/t9-,13+/m1/s1. The van der Waals surface area contributed by atoms with Crippen LogP contribution in [0.2, 0.25) is 0 Å². The zero-order valence-electron chi connectivity index (χ0n) is 11.5. The molecule has 2 rings (SSSR count). The van der Waals surface area contributed by atoms with Crippen molar-refractivity contribution in [2.24, 2.45) is 0 Å². The van der Waals surface area contributed by atoms with Crippen LogP contribution in [0, 0.1) is 11.6 Å². The summed E-state index contributed by atoms with van der Waals surface area (Å²) in [5.41, 5.74) is 0.157. The first-order valence-electron chi connectivity index (χ1n) is 6.54. The molecule has 0 spiro atoms. The van der Waals surface area contributed by atoms with Gasteiger partial charge in [0.25, 0.3) is 5.91 Å². The molecule has 1 amide bonds. The minimum absolute atomic E-state index is 0.157. The lowest BCUT2D eigenvalue weighted by molar-refractivity contribution is -0.145. The molecule has 0 radical (unpaired) electrons.